The van der Waals surface area contributed by atoms with Crippen LogP contribution in [0.3, 0.4) is 0 Å². The summed E-state index contributed by atoms with van der Waals surface area (Å²) in [7, 11) is 1.62. The second-order valence-electron chi connectivity index (χ2n) is 8.84. The molecular formula is C26H26N4O4. The fourth-order valence-corrected chi connectivity index (χ4v) is 4.64. The van der Waals surface area contributed by atoms with Crippen molar-refractivity contribution in [2.75, 3.05) is 45.3 Å². The predicted molar refractivity (Wildman–Crippen MR) is 128 cm³/mol. The molecule has 3 aromatic rings. The number of fused-ring (bicyclic) bond motifs is 1. The molecule has 8 nitrogen and oxygen atoms in total. The van der Waals surface area contributed by atoms with Crippen molar-refractivity contribution in [3.8, 4) is 23.8 Å². The quantitative estimate of drug-likeness (QED) is 0.312. The molecule has 0 saturated carbocycles. The summed E-state index contributed by atoms with van der Waals surface area (Å²) in [4.78, 5) is 22.5. The Bertz CT molecular complexity index is 1260. The summed E-state index contributed by atoms with van der Waals surface area (Å²) < 4.78 is 16.8. The van der Waals surface area contributed by atoms with E-state index in [2.05, 4.69) is 26.1 Å². The number of benzene rings is 2. The second kappa shape index (κ2) is 9.20. The van der Waals surface area contributed by atoms with E-state index in [1.165, 1.54) is 6.33 Å². The standard InChI is InChI=1S/C26H26N4O4/c1-3-18-6-4-7-19(10-18)29-25-20-11-23(22(32-2)12-21(20)27-17-28-25)33-9-5-8-30-14-26(15-30)13-24(31)34-16-26/h1,4,6-7,10-12,17H,5,8-9,13-16H2,2H3,(H,27,28,29). The van der Waals surface area contributed by atoms with E-state index in [1.807, 2.05) is 36.4 Å². The Morgan fingerprint density at radius 1 is 1.24 bits per heavy atom. The van der Waals surface area contributed by atoms with Crippen LogP contribution < -0.4 is 14.8 Å². The minimum atomic E-state index is -0.0760. The number of likely N-dealkylation sites (tertiary alicyclic amines) is 1. The number of nitrogens with zero attached hydrogens (tertiary/aromatic N) is 3. The van der Waals surface area contributed by atoms with Gasteiger partial charge in [0.2, 0.25) is 0 Å². The molecule has 0 atom stereocenters. The first-order chi connectivity index (χ1) is 16.6. The first-order valence-electron chi connectivity index (χ1n) is 11.2. The van der Waals surface area contributed by atoms with E-state index in [1.54, 1.807) is 7.11 Å². The molecule has 1 spiro atoms. The van der Waals surface area contributed by atoms with Crippen molar-refractivity contribution in [2.24, 2.45) is 5.41 Å². The Kier molecular flexibility index (Phi) is 5.95. The summed E-state index contributed by atoms with van der Waals surface area (Å²) in [5, 5.41) is 4.15. The van der Waals surface area contributed by atoms with Crippen molar-refractivity contribution >= 4 is 28.4 Å². The lowest BCUT2D eigenvalue weighted by atomic mass is 9.79. The summed E-state index contributed by atoms with van der Waals surface area (Å²) >= 11 is 0. The lowest BCUT2D eigenvalue weighted by molar-refractivity contribution is -0.137. The molecule has 2 aliphatic heterocycles. The highest BCUT2D eigenvalue weighted by Crippen LogP contribution is 2.39. The molecule has 0 radical (unpaired) electrons. The topological polar surface area (TPSA) is 85.8 Å². The van der Waals surface area contributed by atoms with Crippen LogP contribution in [0.25, 0.3) is 10.9 Å². The van der Waals surface area contributed by atoms with Gasteiger partial charge in [0, 0.05) is 47.8 Å². The smallest absolute Gasteiger partial charge is 0.306 e. The fraction of sp³-hybridized carbons (Fsp3) is 0.346. The lowest BCUT2D eigenvalue weighted by Gasteiger charge is -2.46. The molecule has 5 rings (SSSR count). The number of aromatic nitrogens is 2. The predicted octanol–water partition coefficient (Wildman–Crippen LogP) is 3.38. The molecule has 2 fully saturated rings. The Hall–Kier alpha value is -3.83. The maximum absolute atomic E-state index is 11.4. The number of rotatable bonds is 8. The third kappa shape index (κ3) is 4.47. The zero-order valence-electron chi connectivity index (χ0n) is 19.0. The maximum Gasteiger partial charge on any atom is 0.306 e. The number of ether oxygens (including phenoxy) is 3. The summed E-state index contributed by atoms with van der Waals surface area (Å²) in [6.07, 6.45) is 8.44. The van der Waals surface area contributed by atoms with Crippen LogP contribution in [0, 0.1) is 17.8 Å². The van der Waals surface area contributed by atoms with Crippen LogP contribution in [0.4, 0.5) is 11.5 Å². The Balaban J connectivity index is 1.25. The van der Waals surface area contributed by atoms with Gasteiger partial charge in [0.25, 0.3) is 0 Å². The van der Waals surface area contributed by atoms with E-state index < -0.39 is 0 Å². The number of esters is 1. The average Bonchev–Trinajstić information content (AvgIpc) is 3.23. The van der Waals surface area contributed by atoms with Gasteiger partial charge in [0.05, 0.1) is 32.3 Å². The molecule has 2 saturated heterocycles. The van der Waals surface area contributed by atoms with Gasteiger partial charge in [0.1, 0.15) is 12.1 Å². The summed E-state index contributed by atoms with van der Waals surface area (Å²) in [6.45, 7) is 3.82. The molecule has 0 amide bonds. The number of cyclic esters (lactones) is 1. The molecule has 0 unspecified atom stereocenters. The number of nitrogens with one attached hydrogen (secondary N) is 1. The van der Waals surface area contributed by atoms with Crippen LogP contribution >= 0.6 is 0 Å². The second-order valence-corrected chi connectivity index (χ2v) is 8.84. The van der Waals surface area contributed by atoms with Crippen molar-refractivity contribution in [3.63, 3.8) is 0 Å². The third-order valence-corrected chi connectivity index (χ3v) is 6.27. The van der Waals surface area contributed by atoms with Gasteiger partial charge < -0.3 is 24.4 Å². The van der Waals surface area contributed by atoms with Gasteiger partial charge in [-0.2, -0.15) is 0 Å². The van der Waals surface area contributed by atoms with E-state index in [9.17, 15) is 4.79 Å². The summed E-state index contributed by atoms with van der Waals surface area (Å²) in [5.74, 6) is 4.48. The highest BCUT2D eigenvalue weighted by molar-refractivity contribution is 5.93. The van der Waals surface area contributed by atoms with E-state index in [-0.39, 0.29) is 11.4 Å². The van der Waals surface area contributed by atoms with Gasteiger partial charge in [-0.25, -0.2) is 9.97 Å². The van der Waals surface area contributed by atoms with Crippen LogP contribution in [-0.4, -0.2) is 60.8 Å². The van der Waals surface area contributed by atoms with E-state index in [0.29, 0.717) is 37.0 Å². The van der Waals surface area contributed by atoms with Crippen LogP contribution in [0.1, 0.15) is 18.4 Å². The van der Waals surface area contributed by atoms with Gasteiger partial charge in [-0.1, -0.05) is 12.0 Å². The Morgan fingerprint density at radius 2 is 2.12 bits per heavy atom. The first kappa shape index (κ1) is 22.0. The number of carbonyl (C=O) groups excluding carboxylic acids is 1. The molecule has 0 bridgehead atoms. The Labute approximate surface area is 198 Å². The van der Waals surface area contributed by atoms with E-state index in [4.69, 9.17) is 20.6 Å². The van der Waals surface area contributed by atoms with Crippen molar-refractivity contribution in [3.05, 3.63) is 48.3 Å². The van der Waals surface area contributed by atoms with Crippen molar-refractivity contribution in [1.82, 2.24) is 14.9 Å². The van der Waals surface area contributed by atoms with Crippen molar-refractivity contribution in [1.29, 1.82) is 0 Å². The monoisotopic (exact) mass is 458 g/mol. The van der Waals surface area contributed by atoms with Crippen LogP contribution in [0.5, 0.6) is 11.5 Å². The molecule has 174 valence electrons. The number of terminal acetylenes is 1. The molecular weight excluding hydrogens is 432 g/mol. The maximum atomic E-state index is 11.4. The SMILES string of the molecule is C#Cc1cccc(Nc2ncnc3cc(OC)c(OCCCN4CC5(COC(=O)C5)C4)cc23)c1. The number of methoxy groups -OCH3 is 1. The molecule has 0 aliphatic carbocycles. The molecule has 8 heteroatoms. The third-order valence-electron chi connectivity index (χ3n) is 6.27. The number of hydrogen-bond donors (Lipinski definition) is 1. The van der Waals surface area contributed by atoms with Crippen molar-refractivity contribution in [2.45, 2.75) is 12.8 Å². The molecule has 2 aliphatic rings. The van der Waals surface area contributed by atoms with Gasteiger partial charge in [0.15, 0.2) is 11.5 Å². The van der Waals surface area contributed by atoms with Gasteiger partial charge in [-0.3, -0.25) is 4.79 Å². The van der Waals surface area contributed by atoms with Crippen molar-refractivity contribution < 1.29 is 19.0 Å². The fourth-order valence-electron chi connectivity index (χ4n) is 4.64. The number of carbonyl (C=O) groups is 1. The zero-order chi connectivity index (χ0) is 23.5. The van der Waals surface area contributed by atoms with Gasteiger partial charge >= 0.3 is 5.97 Å². The van der Waals surface area contributed by atoms with Gasteiger partial charge in [-0.15, -0.1) is 6.42 Å². The highest BCUT2D eigenvalue weighted by atomic mass is 16.5. The molecule has 3 heterocycles. The largest absolute Gasteiger partial charge is 0.493 e. The number of hydrogen-bond acceptors (Lipinski definition) is 8. The molecule has 34 heavy (non-hydrogen) atoms. The molecule has 1 N–H and O–H groups in total. The normalized spacial score (nSPS) is 16.6. The minimum Gasteiger partial charge on any atom is -0.493 e. The van der Waals surface area contributed by atoms with E-state index >= 15 is 0 Å². The minimum absolute atomic E-state index is 0.0443. The first-order valence-corrected chi connectivity index (χ1v) is 11.2. The van der Waals surface area contributed by atoms with Crippen LogP contribution in [0.2, 0.25) is 0 Å². The zero-order valence-corrected chi connectivity index (χ0v) is 19.0. The molecule has 1 aromatic heterocycles. The average molecular weight is 459 g/mol. The van der Waals surface area contributed by atoms with E-state index in [0.717, 1.165) is 48.2 Å². The lowest BCUT2D eigenvalue weighted by Crippen LogP contribution is -2.56. The summed E-state index contributed by atoms with van der Waals surface area (Å²) in [6, 6.07) is 11.4. The van der Waals surface area contributed by atoms with Crippen LogP contribution in [-0.2, 0) is 9.53 Å². The number of anilines is 2. The highest BCUT2D eigenvalue weighted by Gasteiger charge is 2.49. The van der Waals surface area contributed by atoms with Gasteiger partial charge in [-0.05, 0) is 30.7 Å². The van der Waals surface area contributed by atoms with Crippen LogP contribution in [0.15, 0.2) is 42.7 Å². The Morgan fingerprint density at radius 3 is 2.88 bits per heavy atom. The molecule has 2 aromatic carbocycles. The summed E-state index contributed by atoms with van der Waals surface area (Å²) in [5.41, 5.74) is 2.42.